The van der Waals surface area contributed by atoms with Gasteiger partial charge in [0.05, 0.1) is 78.0 Å². The van der Waals surface area contributed by atoms with Crippen molar-refractivity contribution in [1.29, 1.82) is 0 Å². The van der Waals surface area contributed by atoms with E-state index in [-0.39, 0.29) is 67.2 Å². The third-order valence-electron chi connectivity index (χ3n) is 18.9. The summed E-state index contributed by atoms with van der Waals surface area (Å²) < 4.78 is 30.4. The molecule has 0 aliphatic carbocycles. The lowest BCUT2D eigenvalue weighted by Crippen LogP contribution is -2.61. The molecule has 3 aliphatic rings. The Morgan fingerprint density at radius 1 is 0.824 bits per heavy atom. The number of aromatic nitrogens is 3. The molecular weight excluding hydrogens is 1330 g/mol. The molecule has 0 radical (unpaired) electrons. The van der Waals surface area contributed by atoms with Crippen molar-refractivity contribution in [2.24, 2.45) is 23.7 Å². The van der Waals surface area contributed by atoms with Gasteiger partial charge in [0.2, 0.25) is 35.8 Å². The van der Waals surface area contributed by atoms with Crippen LogP contribution in [0.25, 0.3) is 0 Å². The SMILES string of the molecule is CC[C@@H](C)[C@H]([C@H](CC(=O)N1CCCC1[C@@H](OC)[C@@H](C)C(=O)N[C@H](C)[C@@H](O)c1ccccc1)OC)N(C)C(=O)[C@@H](NC(=O)[C@@H](C(C)C)N(C)C(=O)OC(Cc1cn(CCNC(=O)Cc2ccc(N3C(=O)C=CC3=O)cc2)nn1)c1ccc(OC2OC(C(=O)O)C(O)C(O)C2O)c([N+](=O)[O-])c1)C(C)C. The van der Waals surface area contributed by atoms with Crippen LogP contribution in [0.4, 0.5) is 16.2 Å². The lowest BCUT2D eigenvalue weighted by molar-refractivity contribution is -0.387. The Labute approximate surface area is 590 Å². The summed E-state index contributed by atoms with van der Waals surface area (Å²) in [6, 6.07) is 14.1. The normalized spacial score (nSPS) is 21.2. The summed E-state index contributed by atoms with van der Waals surface area (Å²) in [7, 11) is 5.80. The van der Waals surface area contributed by atoms with E-state index in [4.69, 9.17) is 23.7 Å². The number of ether oxygens (including phenoxy) is 5. The van der Waals surface area contributed by atoms with Gasteiger partial charge in [-0.25, -0.2) is 14.5 Å². The molecule has 1 aromatic heterocycles. The summed E-state index contributed by atoms with van der Waals surface area (Å²) >= 11 is 0. The predicted octanol–water partition coefficient (Wildman–Crippen LogP) is 2.92. The Bertz CT molecular complexity index is 3610. The van der Waals surface area contributed by atoms with Crippen molar-refractivity contribution in [3.8, 4) is 5.75 Å². The molecule has 8 N–H and O–H groups in total. The lowest BCUT2D eigenvalue weighted by Gasteiger charge is -2.41. The van der Waals surface area contributed by atoms with E-state index in [0.29, 0.717) is 42.6 Å². The summed E-state index contributed by atoms with van der Waals surface area (Å²) in [5.74, 6) is -7.85. The van der Waals surface area contributed by atoms with Gasteiger partial charge in [0, 0.05) is 72.2 Å². The highest BCUT2D eigenvalue weighted by Gasteiger charge is 2.49. The van der Waals surface area contributed by atoms with Gasteiger partial charge in [-0.1, -0.05) is 109 Å². The van der Waals surface area contributed by atoms with Crippen LogP contribution in [0.15, 0.2) is 91.1 Å². The molecule has 0 bridgehead atoms. The van der Waals surface area contributed by atoms with Crippen LogP contribution in [-0.4, -0.2) is 228 Å². The number of likely N-dealkylation sites (N-methyl/N-ethyl adjacent to an activating group) is 2. The second-order valence-electron chi connectivity index (χ2n) is 26.7. The number of aliphatic carboxylic acids is 1. The Morgan fingerprint density at radius 2 is 1.49 bits per heavy atom. The highest BCUT2D eigenvalue weighted by molar-refractivity contribution is 6.28. The number of aliphatic hydroxyl groups is 4. The maximum atomic E-state index is 15.1. The van der Waals surface area contributed by atoms with Gasteiger partial charge in [-0.05, 0) is 72.4 Å². The van der Waals surface area contributed by atoms with Gasteiger partial charge in [0.25, 0.3) is 11.8 Å². The molecule has 2 fully saturated rings. The number of likely N-dealkylation sites (tertiary alicyclic amines) is 1. The Morgan fingerprint density at radius 3 is 2.09 bits per heavy atom. The first-order valence-electron chi connectivity index (χ1n) is 33.9. The van der Waals surface area contributed by atoms with Crippen LogP contribution in [0.5, 0.6) is 5.75 Å². The van der Waals surface area contributed by atoms with Crippen molar-refractivity contribution in [1.82, 2.24) is 45.6 Å². The number of carboxylic acids is 1. The maximum Gasteiger partial charge on any atom is 0.410 e. The summed E-state index contributed by atoms with van der Waals surface area (Å²) in [5.41, 5.74) is 0.852. The maximum absolute atomic E-state index is 15.1. The van der Waals surface area contributed by atoms with Gasteiger partial charge in [-0.15, -0.1) is 5.10 Å². The van der Waals surface area contributed by atoms with Crippen LogP contribution >= 0.6 is 0 Å². The minimum atomic E-state index is -2.11. The number of benzene rings is 3. The van der Waals surface area contributed by atoms with Crippen LogP contribution in [0.3, 0.4) is 0 Å². The Kier molecular flexibility index (Phi) is 28.3. The van der Waals surface area contributed by atoms with Crippen molar-refractivity contribution in [2.75, 3.05) is 46.3 Å². The van der Waals surface area contributed by atoms with E-state index in [1.165, 1.54) is 43.1 Å². The number of nitrogens with one attached hydrogen (secondary N) is 3. The number of amides is 8. The number of aliphatic hydroxyl groups excluding tert-OH is 4. The number of rotatable bonds is 34. The molecule has 0 spiro atoms. The second-order valence-corrected chi connectivity index (χ2v) is 26.7. The highest BCUT2D eigenvalue weighted by atomic mass is 16.7. The molecule has 7 unspecified atom stereocenters. The molecule has 8 amide bonds. The van der Waals surface area contributed by atoms with E-state index in [0.717, 1.165) is 34.1 Å². The van der Waals surface area contributed by atoms with E-state index in [9.17, 15) is 74.0 Å². The number of methoxy groups -OCH3 is 2. The summed E-state index contributed by atoms with van der Waals surface area (Å²) in [4.78, 5) is 139. The molecule has 16 atom stereocenters. The third kappa shape index (κ3) is 19.4. The third-order valence-corrected chi connectivity index (χ3v) is 18.9. The molecule has 3 aliphatic heterocycles. The molecule has 32 heteroatoms. The topological polar surface area (TPSA) is 424 Å². The fraction of sp³-hybridized carbons (Fsp3) is 0.557. The largest absolute Gasteiger partial charge is 0.479 e. The van der Waals surface area contributed by atoms with Crippen molar-refractivity contribution in [3.05, 3.63) is 124 Å². The van der Waals surface area contributed by atoms with Crippen LogP contribution in [-0.2, 0) is 76.7 Å². The van der Waals surface area contributed by atoms with Gasteiger partial charge in [-0.3, -0.25) is 53.3 Å². The van der Waals surface area contributed by atoms with Crippen molar-refractivity contribution >= 4 is 64.8 Å². The van der Waals surface area contributed by atoms with Gasteiger partial charge in [0.15, 0.2) is 11.9 Å². The van der Waals surface area contributed by atoms with Gasteiger partial charge in [-0.2, -0.15) is 0 Å². The standard InChI is InChI=1S/C70H95N11O21/c1-13-39(6)58(51(98-11)35-55(85)79-30-17-20-47(79)63(99-12)40(7)65(90)72-41(8)59(86)43-18-15-14-16-19-43)76(9)67(92)56(37(2)3)73-66(91)57(38(4)5)77(10)70(95)101-50(44-23-26-49(48(33-44)81(96)97)100-69-62(89)60(87)61(88)64(102-69)68(93)94)34-45-36-78(75-74-45)31-29-71-52(82)32-42-21-24-46(25-22-42)80-53(83)27-28-54(80)84/h14-16,18-19,21-28,33,36-41,47,50-51,56-64,69,86-89H,13,17,20,29-32,34-35H2,1-12H3,(H,71,82)(H,72,90)(H,73,91)(H,93,94)/t39-,40-,41-,47?,50?,51+,56+,57-,58-,59-,60?,61?,62?,63+,64?,69?/m1/s1. The van der Waals surface area contributed by atoms with Gasteiger partial charge >= 0.3 is 17.7 Å². The van der Waals surface area contributed by atoms with Crippen molar-refractivity contribution in [3.63, 3.8) is 0 Å². The van der Waals surface area contributed by atoms with Crippen molar-refractivity contribution in [2.45, 2.75) is 186 Å². The lowest BCUT2D eigenvalue weighted by atomic mass is 9.89. The predicted molar refractivity (Wildman–Crippen MR) is 364 cm³/mol. The van der Waals surface area contributed by atoms with Crippen LogP contribution in [0.2, 0.25) is 0 Å². The first kappa shape index (κ1) is 80.0. The van der Waals surface area contributed by atoms with E-state index in [1.54, 1.807) is 102 Å². The number of nitrogens with zero attached hydrogens (tertiary/aromatic N) is 8. The number of imide groups is 1. The van der Waals surface area contributed by atoms with E-state index in [2.05, 4.69) is 26.3 Å². The monoisotopic (exact) mass is 1430 g/mol. The molecule has 4 heterocycles. The number of carbonyl (C=O) groups excluding carboxylic acids is 8. The van der Waals surface area contributed by atoms with Crippen LogP contribution in [0.1, 0.15) is 116 Å². The van der Waals surface area contributed by atoms with Gasteiger partial charge < -0.3 is 75.0 Å². The average molecular weight is 1430 g/mol. The minimum absolute atomic E-state index is 0.0528. The number of nitro groups is 1. The molecule has 4 aromatic rings. The quantitative estimate of drug-likeness (QED) is 0.0189. The number of carboxylic acid groups (broad SMARTS) is 1. The molecule has 102 heavy (non-hydrogen) atoms. The number of nitro benzene ring substituents is 1. The minimum Gasteiger partial charge on any atom is -0.479 e. The first-order chi connectivity index (χ1) is 48.3. The summed E-state index contributed by atoms with van der Waals surface area (Å²) in [5, 5.41) is 81.8. The fourth-order valence-electron chi connectivity index (χ4n) is 13.1. The number of anilines is 1. The van der Waals surface area contributed by atoms with E-state index >= 15 is 4.79 Å². The zero-order valence-corrected chi connectivity index (χ0v) is 59.3. The fourth-order valence-corrected chi connectivity index (χ4v) is 13.1. The number of carbonyl (C=O) groups is 9. The highest BCUT2D eigenvalue weighted by Crippen LogP contribution is 2.37. The molecule has 2 saturated heterocycles. The smallest absolute Gasteiger partial charge is 0.410 e. The van der Waals surface area contributed by atoms with Crippen LogP contribution in [0, 0.1) is 33.8 Å². The zero-order valence-electron chi connectivity index (χ0n) is 59.3. The summed E-state index contributed by atoms with van der Waals surface area (Å²) in [6.07, 6.45) is -10.7. The number of hydrogen-bond donors (Lipinski definition) is 8. The molecule has 0 saturated carbocycles. The van der Waals surface area contributed by atoms with E-state index < -0.39 is 155 Å². The van der Waals surface area contributed by atoms with Crippen molar-refractivity contribution < 1.29 is 97.3 Å². The zero-order chi connectivity index (χ0) is 75.1. The molecule has 7 rings (SSSR count). The molecule has 3 aromatic carbocycles. The number of hydrogen-bond acceptors (Lipinski definition) is 22. The van der Waals surface area contributed by atoms with Gasteiger partial charge in [0.1, 0.15) is 36.5 Å². The first-order valence-corrected chi connectivity index (χ1v) is 33.9. The second kappa shape index (κ2) is 36.0. The van der Waals surface area contributed by atoms with E-state index in [1.807, 2.05) is 19.9 Å². The molecule has 32 nitrogen and oxygen atoms in total. The Balaban J connectivity index is 1.06. The average Bonchev–Trinajstić information content (AvgIpc) is 0.926. The molecular formula is C70H95N11O21. The molecule has 556 valence electrons. The summed E-state index contributed by atoms with van der Waals surface area (Å²) in [6.45, 7) is 14.5. The van der Waals surface area contributed by atoms with Crippen LogP contribution < -0.4 is 25.6 Å². The Hall–Kier alpha value is -9.31.